The van der Waals surface area contributed by atoms with Crippen molar-refractivity contribution in [3.63, 3.8) is 0 Å². The zero-order valence-electron chi connectivity index (χ0n) is 13.7. The van der Waals surface area contributed by atoms with Crippen molar-refractivity contribution >= 4 is 35.0 Å². The van der Waals surface area contributed by atoms with E-state index in [0.717, 1.165) is 16.7 Å². The van der Waals surface area contributed by atoms with Gasteiger partial charge >= 0.3 is 5.97 Å². The van der Waals surface area contributed by atoms with Crippen LogP contribution in [0.15, 0.2) is 35.8 Å². The molecule has 1 heterocycles. The third kappa shape index (κ3) is 4.21. The summed E-state index contributed by atoms with van der Waals surface area (Å²) in [7, 11) is 1.43. The van der Waals surface area contributed by atoms with Crippen LogP contribution in [0.4, 0.5) is 4.79 Å². The van der Waals surface area contributed by atoms with Crippen molar-refractivity contribution in [2.75, 3.05) is 13.7 Å². The number of rotatable bonds is 7. The Bertz CT molecular complexity index is 758. The Morgan fingerprint density at radius 1 is 1.40 bits per heavy atom. The largest absolute Gasteiger partial charge is 0.493 e. The number of benzene rings is 1. The molecule has 8 heteroatoms. The zero-order valence-corrected chi connectivity index (χ0v) is 14.5. The first-order valence-corrected chi connectivity index (χ1v) is 8.12. The highest BCUT2D eigenvalue weighted by molar-refractivity contribution is 8.18. The van der Waals surface area contributed by atoms with E-state index in [1.807, 2.05) is 0 Å². The summed E-state index contributed by atoms with van der Waals surface area (Å²) in [5.41, 5.74) is 0.622. The van der Waals surface area contributed by atoms with E-state index < -0.39 is 12.1 Å². The molecule has 0 radical (unpaired) electrons. The molecule has 1 saturated heterocycles. The molecule has 0 spiro atoms. The molecular weight excluding hydrogens is 346 g/mol. The lowest BCUT2D eigenvalue weighted by molar-refractivity contribution is -0.144. The summed E-state index contributed by atoms with van der Waals surface area (Å²) >= 11 is 0.850. The molecule has 0 unspecified atom stereocenters. The highest BCUT2D eigenvalue weighted by Crippen LogP contribution is 2.34. The van der Waals surface area contributed by atoms with Gasteiger partial charge in [0, 0.05) is 6.54 Å². The first kappa shape index (κ1) is 18.6. The van der Waals surface area contributed by atoms with Gasteiger partial charge in [-0.05, 0) is 42.5 Å². The second-order valence-electron chi connectivity index (χ2n) is 5.09. The number of aliphatic carboxylic acids is 1. The molecule has 1 aromatic rings. The van der Waals surface area contributed by atoms with Gasteiger partial charge in [0.25, 0.3) is 11.1 Å². The van der Waals surface area contributed by atoms with Crippen molar-refractivity contribution in [2.24, 2.45) is 0 Å². The minimum Gasteiger partial charge on any atom is -0.493 e. The van der Waals surface area contributed by atoms with Gasteiger partial charge in [0.05, 0.1) is 12.0 Å². The molecule has 1 aliphatic rings. The number of methoxy groups -OCH3 is 1. The molecular formula is C17H17NO6S. The van der Waals surface area contributed by atoms with Crippen molar-refractivity contribution in [3.8, 4) is 11.5 Å². The quantitative estimate of drug-likeness (QED) is 0.588. The minimum atomic E-state index is -1.10. The minimum absolute atomic E-state index is 0.158. The number of hydrogen-bond acceptors (Lipinski definition) is 6. The Balaban J connectivity index is 2.26. The monoisotopic (exact) mass is 363 g/mol. The van der Waals surface area contributed by atoms with Crippen molar-refractivity contribution in [1.82, 2.24) is 4.90 Å². The summed E-state index contributed by atoms with van der Waals surface area (Å²) in [6.45, 7) is 5.09. The number of ether oxygens (including phenoxy) is 2. The molecule has 0 bridgehead atoms. The van der Waals surface area contributed by atoms with Gasteiger partial charge in [0.1, 0.15) is 0 Å². The predicted molar refractivity (Wildman–Crippen MR) is 93.6 cm³/mol. The van der Waals surface area contributed by atoms with Crippen molar-refractivity contribution in [2.45, 2.75) is 13.0 Å². The number of nitrogens with zero attached hydrogens (tertiary/aromatic N) is 1. The summed E-state index contributed by atoms with van der Waals surface area (Å²) < 4.78 is 10.5. The van der Waals surface area contributed by atoms with E-state index in [4.69, 9.17) is 14.6 Å². The lowest BCUT2D eigenvalue weighted by Crippen LogP contribution is -2.27. The van der Waals surface area contributed by atoms with E-state index in [-0.39, 0.29) is 23.4 Å². The van der Waals surface area contributed by atoms with Gasteiger partial charge in [-0.15, -0.1) is 6.58 Å². The third-order valence-corrected chi connectivity index (χ3v) is 4.23. The number of thioether (sulfide) groups is 1. The number of carbonyl (C=O) groups excluding carboxylic acids is 2. The number of carboxylic acids is 1. The van der Waals surface area contributed by atoms with Gasteiger partial charge in [-0.25, -0.2) is 4.79 Å². The SMILES string of the molecule is C=CCN1C(=O)S/C(=C\c2ccc(O[C@H](C)C(=O)O)c(OC)c2)C1=O. The molecule has 2 amide bonds. The number of amides is 2. The van der Waals surface area contributed by atoms with Gasteiger partial charge in [0.15, 0.2) is 17.6 Å². The van der Waals surface area contributed by atoms with Crippen LogP contribution in [-0.4, -0.2) is 46.9 Å². The highest BCUT2D eigenvalue weighted by Gasteiger charge is 2.34. The second-order valence-corrected chi connectivity index (χ2v) is 6.08. The summed E-state index contributed by atoms with van der Waals surface area (Å²) in [6.07, 6.45) is 2.02. The fraction of sp³-hybridized carbons (Fsp3) is 0.235. The van der Waals surface area contributed by atoms with Crippen LogP contribution in [-0.2, 0) is 9.59 Å². The molecule has 25 heavy (non-hydrogen) atoms. The standard InChI is InChI=1S/C17H17NO6S/c1-4-7-18-15(19)14(25-17(18)22)9-11-5-6-12(13(8-11)23-3)24-10(2)16(20)21/h4-6,8-10H,1,7H2,2-3H3,(H,20,21)/b14-9-/t10-/m1/s1. The lowest BCUT2D eigenvalue weighted by Gasteiger charge is -2.14. The van der Waals surface area contributed by atoms with Crippen LogP contribution in [0.3, 0.4) is 0 Å². The molecule has 1 N–H and O–H groups in total. The van der Waals surface area contributed by atoms with Crippen molar-refractivity contribution < 1.29 is 29.0 Å². The van der Waals surface area contributed by atoms with E-state index in [2.05, 4.69) is 6.58 Å². The smallest absolute Gasteiger partial charge is 0.344 e. The summed E-state index contributed by atoms with van der Waals surface area (Å²) in [5.74, 6) is -0.878. The van der Waals surface area contributed by atoms with Crippen LogP contribution < -0.4 is 9.47 Å². The second kappa shape index (κ2) is 7.89. The van der Waals surface area contributed by atoms with Crippen LogP contribution >= 0.6 is 11.8 Å². The van der Waals surface area contributed by atoms with Gasteiger partial charge in [0.2, 0.25) is 0 Å². The van der Waals surface area contributed by atoms with Gasteiger partial charge in [-0.1, -0.05) is 12.1 Å². The van der Waals surface area contributed by atoms with Crippen LogP contribution in [0.1, 0.15) is 12.5 Å². The molecule has 7 nitrogen and oxygen atoms in total. The average molecular weight is 363 g/mol. The first-order valence-electron chi connectivity index (χ1n) is 7.31. The fourth-order valence-electron chi connectivity index (χ4n) is 2.05. The molecule has 0 aliphatic carbocycles. The number of carboxylic acid groups (broad SMARTS) is 1. The first-order chi connectivity index (χ1) is 11.9. The Labute approximate surface area is 148 Å². The van der Waals surface area contributed by atoms with E-state index in [0.29, 0.717) is 16.2 Å². The summed E-state index contributed by atoms with van der Waals surface area (Å²) in [4.78, 5) is 36.3. The van der Waals surface area contributed by atoms with Crippen LogP contribution in [0.2, 0.25) is 0 Å². The number of imide groups is 1. The molecule has 0 aromatic heterocycles. The van der Waals surface area contributed by atoms with Crippen LogP contribution in [0.5, 0.6) is 11.5 Å². The predicted octanol–water partition coefficient (Wildman–Crippen LogP) is 2.77. The maximum atomic E-state index is 12.2. The van der Waals surface area contributed by atoms with Gasteiger partial charge in [-0.2, -0.15) is 0 Å². The molecule has 1 aromatic carbocycles. The number of carbonyl (C=O) groups is 3. The maximum absolute atomic E-state index is 12.2. The molecule has 1 atom stereocenters. The molecule has 1 aliphatic heterocycles. The van der Waals surface area contributed by atoms with E-state index in [1.54, 1.807) is 24.3 Å². The molecule has 0 saturated carbocycles. The lowest BCUT2D eigenvalue weighted by atomic mass is 10.2. The van der Waals surface area contributed by atoms with Gasteiger partial charge < -0.3 is 14.6 Å². The Morgan fingerprint density at radius 2 is 2.12 bits per heavy atom. The van der Waals surface area contributed by atoms with Crippen LogP contribution in [0, 0.1) is 0 Å². The molecule has 132 valence electrons. The highest BCUT2D eigenvalue weighted by atomic mass is 32.2. The topological polar surface area (TPSA) is 93.1 Å². The summed E-state index contributed by atoms with van der Waals surface area (Å²) in [5, 5.41) is 8.57. The van der Waals surface area contributed by atoms with E-state index >= 15 is 0 Å². The molecule has 1 fully saturated rings. The van der Waals surface area contributed by atoms with E-state index in [1.165, 1.54) is 20.1 Å². The van der Waals surface area contributed by atoms with Crippen molar-refractivity contribution in [3.05, 3.63) is 41.3 Å². The number of hydrogen-bond donors (Lipinski definition) is 1. The Kier molecular flexibility index (Phi) is 5.87. The fourth-order valence-corrected chi connectivity index (χ4v) is 2.90. The van der Waals surface area contributed by atoms with Crippen molar-refractivity contribution in [1.29, 1.82) is 0 Å². The van der Waals surface area contributed by atoms with Crippen LogP contribution in [0.25, 0.3) is 6.08 Å². The molecule has 2 rings (SSSR count). The average Bonchev–Trinajstić information content (AvgIpc) is 2.83. The Hall–Kier alpha value is -2.74. The van der Waals surface area contributed by atoms with Gasteiger partial charge in [-0.3, -0.25) is 14.5 Å². The van der Waals surface area contributed by atoms with E-state index in [9.17, 15) is 14.4 Å². The zero-order chi connectivity index (χ0) is 18.6. The maximum Gasteiger partial charge on any atom is 0.344 e. The Morgan fingerprint density at radius 3 is 2.72 bits per heavy atom. The third-order valence-electron chi connectivity index (χ3n) is 3.32. The normalized spacial score (nSPS) is 16.9. The summed E-state index contributed by atoms with van der Waals surface area (Å²) in [6, 6.07) is 4.80.